The van der Waals surface area contributed by atoms with Crippen LogP contribution < -0.4 is 5.32 Å². The van der Waals surface area contributed by atoms with Gasteiger partial charge >= 0.3 is 12.0 Å². The maximum absolute atomic E-state index is 12.3. The van der Waals surface area contributed by atoms with Crippen molar-refractivity contribution in [1.82, 2.24) is 14.8 Å². The summed E-state index contributed by atoms with van der Waals surface area (Å²) in [6, 6.07) is 5.35. The highest BCUT2D eigenvalue weighted by molar-refractivity contribution is 7.09. The molecule has 132 valence electrons. The molecule has 0 atom stereocenters. The summed E-state index contributed by atoms with van der Waals surface area (Å²) in [6.45, 7) is 4.74. The zero-order chi connectivity index (χ0) is 18.0. The van der Waals surface area contributed by atoms with Crippen LogP contribution in [0.3, 0.4) is 0 Å². The molecule has 1 aliphatic rings. The first-order valence-corrected chi connectivity index (χ1v) is 8.79. The van der Waals surface area contributed by atoms with E-state index in [-0.39, 0.29) is 0 Å². The van der Waals surface area contributed by atoms with E-state index in [4.69, 9.17) is 4.74 Å². The molecule has 0 saturated carbocycles. The Hall–Kier alpha value is -2.61. The number of thiophene rings is 1. The summed E-state index contributed by atoms with van der Waals surface area (Å²) in [5, 5.41) is 4.55. The minimum Gasteiger partial charge on any atom is -0.452 e. The van der Waals surface area contributed by atoms with Crippen molar-refractivity contribution in [3.05, 3.63) is 45.4 Å². The first-order valence-electron chi connectivity index (χ1n) is 7.92. The first-order chi connectivity index (χ1) is 12.0. The maximum Gasteiger partial charge on any atom is 0.340 e. The number of esters is 1. The van der Waals surface area contributed by atoms with Gasteiger partial charge in [0.05, 0.1) is 12.1 Å². The molecule has 2 aromatic rings. The number of carbonyl (C=O) groups is 3. The van der Waals surface area contributed by atoms with E-state index in [1.165, 1.54) is 4.88 Å². The number of imide groups is 1. The Balaban J connectivity index is 1.66. The van der Waals surface area contributed by atoms with Gasteiger partial charge in [-0.3, -0.25) is 9.69 Å². The molecule has 0 radical (unpaired) electrons. The fraction of sp³-hybridized carbons (Fsp3) is 0.353. The third kappa shape index (κ3) is 3.58. The normalized spacial score (nSPS) is 13.8. The lowest BCUT2D eigenvalue weighted by Gasteiger charge is -2.12. The number of hydrogen-bond donors (Lipinski definition) is 1. The molecular formula is C17H19N3O4S. The Morgan fingerprint density at radius 1 is 1.36 bits per heavy atom. The molecule has 3 rings (SSSR count). The summed E-state index contributed by atoms with van der Waals surface area (Å²) in [5.41, 5.74) is 2.18. The topological polar surface area (TPSA) is 80.6 Å². The van der Waals surface area contributed by atoms with Gasteiger partial charge in [0.25, 0.3) is 5.91 Å². The molecule has 0 spiro atoms. The number of nitrogens with zero attached hydrogens (tertiary/aromatic N) is 2. The van der Waals surface area contributed by atoms with E-state index < -0.39 is 24.5 Å². The lowest BCUT2D eigenvalue weighted by Crippen LogP contribution is -2.37. The van der Waals surface area contributed by atoms with Gasteiger partial charge in [-0.25, -0.2) is 9.59 Å². The van der Waals surface area contributed by atoms with Crippen molar-refractivity contribution >= 4 is 29.2 Å². The van der Waals surface area contributed by atoms with Crippen LogP contribution in [0.1, 0.15) is 26.6 Å². The van der Waals surface area contributed by atoms with Crippen molar-refractivity contribution < 1.29 is 19.1 Å². The molecule has 0 aliphatic carbocycles. The zero-order valence-electron chi connectivity index (χ0n) is 14.1. The lowest BCUT2D eigenvalue weighted by atomic mass is 10.2. The van der Waals surface area contributed by atoms with Gasteiger partial charge in [0.1, 0.15) is 0 Å². The van der Waals surface area contributed by atoms with Crippen LogP contribution in [0.5, 0.6) is 0 Å². The summed E-state index contributed by atoms with van der Waals surface area (Å²) in [6.07, 6.45) is 0. The highest BCUT2D eigenvalue weighted by Gasteiger charge is 2.27. The van der Waals surface area contributed by atoms with Crippen molar-refractivity contribution in [3.8, 4) is 0 Å². The van der Waals surface area contributed by atoms with E-state index in [9.17, 15) is 14.4 Å². The number of amides is 3. The second-order valence-corrected chi connectivity index (χ2v) is 6.84. The SMILES string of the molecule is Cc1cc(C(=O)OCC(=O)N2CCNC2=O)c(C)n1Cc1cccs1. The van der Waals surface area contributed by atoms with Crippen LogP contribution in [0.15, 0.2) is 23.6 Å². The molecule has 3 heterocycles. The molecule has 1 saturated heterocycles. The van der Waals surface area contributed by atoms with E-state index in [2.05, 4.69) is 5.32 Å². The molecule has 1 aliphatic heterocycles. The van der Waals surface area contributed by atoms with E-state index in [1.54, 1.807) is 17.4 Å². The lowest BCUT2D eigenvalue weighted by molar-refractivity contribution is -0.130. The van der Waals surface area contributed by atoms with Crippen LogP contribution in [-0.4, -0.2) is 47.1 Å². The van der Waals surface area contributed by atoms with Crippen LogP contribution >= 0.6 is 11.3 Å². The summed E-state index contributed by atoms with van der Waals surface area (Å²) in [5.74, 6) is -1.07. The van der Waals surface area contributed by atoms with Crippen LogP contribution in [0.2, 0.25) is 0 Å². The van der Waals surface area contributed by atoms with E-state index in [0.29, 0.717) is 25.2 Å². The largest absolute Gasteiger partial charge is 0.452 e. The van der Waals surface area contributed by atoms with Crippen molar-refractivity contribution in [3.63, 3.8) is 0 Å². The zero-order valence-corrected chi connectivity index (χ0v) is 14.9. The number of carbonyl (C=O) groups excluding carboxylic acids is 3. The molecule has 1 N–H and O–H groups in total. The number of rotatable bonds is 5. The van der Waals surface area contributed by atoms with Gasteiger partial charge in [-0.2, -0.15) is 0 Å². The van der Waals surface area contributed by atoms with Crippen LogP contribution in [-0.2, 0) is 16.1 Å². The van der Waals surface area contributed by atoms with E-state index >= 15 is 0 Å². The first kappa shape index (κ1) is 17.2. The number of urea groups is 1. The van der Waals surface area contributed by atoms with Gasteiger partial charge in [0.2, 0.25) is 0 Å². The van der Waals surface area contributed by atoms with Crippen LogP contribution in [0.25, 0.3) is 0 Å². The second-order valence-electron chi connectivity index (χ2n) is 5.80. The number of aryl methyl sites for hydroxylation is 1. The number of nitrogens with one attached hydrogen (secondary N) is 1. The van der Waals surface area contributed by atoms with E-state index in [1.807, 2.05) is 35.9 Å². The van der Waals surface area contributed by atoms with Gasteiger partial charge in [-0.15, -0.1) is 11.3 Å². The molecule has 0 unspecified atom stereocenters. The average Bonchev–Trinajstić information content (AvgIpc) is 3.30. The Morgan fingerprint density at radius 3 is 2.80 bits per heavy atom. The Labute approximate surface area is 149 Å². The van der Waals surface area contributed by atoms with Gasteiger partial charge in [-0.05, 0) is 31.4 Å². The molecule has 1 fully saturated rings. The number of hydrogen-bond acceptors (Lipinski definition) is 5. The highest BCUT2D eigenvalue weighted by atomic mass is 32.1. The number of ether oxygens (including phenoxy) is 1. The molecule has 8 heteroatoms. The predicted octanol–water partition coefficient (Wildman–Crippen LogP) is 1.92. The molecule has 25 heavy (non-hydrogen) atoms. The molecule has 3 amide bonds. The average molecular weight is 361 g/mol. The Bertz CT molecular complexity index is 810. The smallest absolute Gasteiger partial charge is 0.340 e. The minimum absolute atomic E-state index is 0.296. The quantitative estimate of drug-likeness (QED) is 0.825. The monoisotopic (exact) mass is 361 g/mol. The van der Waals surface area contributed by atoms with E-state index in [0.717, 1.165) is 16.3 Å². The summed E-state index contributed by atoms with van der Waals surface area (Å²) < 4.78 is 7.15. The van der Waals surface area contributed by atoms with Gasteiger partial charge in [0.15, 0.2) is 6.61 Å². The van der Waals surface area contributed by atoms with Crippen molar-refractivity contribution in [1.29, 1.82) is 0 Å². The second kappa shape index (κ2) is 7.10. The maximum atomic E-state index is 12.3. The molecule has 0 aromatic carbocycles. The fourth-order valence-corrected chi connectivity index (χ4v) is 3.49. The molecule has 7 nitrogen and oxygen atoms in total. The molecule has 2 aromatic heterocycles. The third-order valence-corrected chi connectivity index (χ3v) is 5.03. The number of aromatic nitrogens is 1. The van der Waals surface area contributed by atoms with Crippen LogP contribution in [0, 0.1) is 13.8 Å². The predicted molar refractivity (Wildman–Crippen MR) is 92.7 cm³/mol. The van der Waals surface area contributed by atoms with Crippen LogP contribution in [0.4, 0.5) is 4.79 Å². The molecule has 0 bridgehead atoms. The minimum atomic E-state index is -0.557. The van der Waals surface area contributed by atoms with Gasteiger partial charge in [0, 0.05) is 29.4 Å². The van der Waals surface area contributed by atoms with Crippen molar-refractivity contribution in [2.75, 3.05) is 19.7 Å². The summed E-state index contributed by atoms with van der Waals surface area (Å²) in [4.78, 5) is 37.9. The molecular weight excluding hydrogens is 342 g/mol. The summed E-state index contributed by atoms with van der Waals surface area (Å²) in [7, 11) is 0. The Morgan fingerprint density at radius 2 is 2.16 bits per heavy atom. The fourth-order valence-electron chi connectivity index (χ4n) is 2.80. The standard InChI is InChI=1S/C17H19N3O4S/c1-11-8-14(12(2)20(11)9-13-4-3-7-25-13)16(22)24-10-15(21)19-6-5-18-17(19)23/h3-4,7-8H,5-6,9-10H2,1-2H3,(H,18,23). The Kier molecular flexibility index (Phi) is 4.89. The van der Waals surface area contributed by atoms with Crippen molar-refractivity contribution in [2.24, 2.45) is 0 Å². The van der Waals surface area contributed by atoms with Gasteiger partial charge < -0.3 is 14.6 Å². The summed E-state index contributed by atoms with van der Waals surface area (Å²) >= 11 is 1.66. The van der Waals surface area contributed by atoms with Crippen molar-refractivity contribution in [2.45, 2.75) is 20.4 Å². The highest BCUT2D eigenvalue weighted by Crippen LogP contribution is 2.20. The van der Waals surface area contributed by atoms with Gasteiger partial charge in [-0.1, -0.05) is 6.07 Å². The third-order valence-electron chi connectivity index (χ3n) is 4.17.